The zero-order valence-corrected chi connectivity index (χ0v) is 20.9. The standard InChI is InChI=1S/C21H19O2S.C6BF8/c1-17-12-14-18(15-13-17)21(22)16-24(23,19-8-4-2-5-9-19)20-10-6-3-7-11-20;8-2-1(7(13,14)15)3(9)5(11)6(12)4(2)10/h2-15H,16H2,1H3;/q+1;-1. The van der Waals surface area contributed by atoms with E-state index in [0.717, 1.165) is 5.56 Å². The lowest BCUT2D eigenvalue weighted by Crippen LogP contribution is -2.41. The van der Waals surface area contributed by atoms with Gasteiger partial charge in [0.25, 0.3) is 0 Å². The lowest BCUT2D eigenvalue weighted by molar-refractivity contribution is 0.102. The van der Waals surface area contributed by atoms with Crippen molar-refractivity contribution in [3.63, 3.8) is 0 Å². The average Bonchev–Trinajstić information content (AvgIpc) is 2.91. The predicted octanol–water partition coefficient (Wildman–Crippen LogP) is 7.23. The number of aryl methyl sites for hydroxylation is 1. The van der Waals surface area contributed by atoms with Gasteiger partial charge in [-0.15, -0.1) is 0 Å². The highest BCUT2D eigenvalue weighted by atomic mass is 32.2. The summed E-state index contributed by atoms with van der Waals surface area (Å²) in [4.78, 5) is 14.1. The Bertz CT molecular complexity index is 1440. The molecule has 4 aromatic carbocycles. The number of carbonyl (C=O) groups excluding carboxylic acids is 1. The summed E-state index contributed by atoms with van der Waals surface area (Å²) >= 11 is 0. The van der Waals surface area contributed by atoms with Crippen molar-refractivity contribution in [2.24, 2.45) is 0 Å². The van der Waals surface area contributed by atoms with Crippen molar-refractivity contribution in [2.45, 2.75) is 16.7 Å². The SMILES string of the molecule is Cc1ccc(C(=O)C[S+](=O)(c2ccccc2)c2ccccc2)cc1.Fc1c(F)c(F)c([B-](F)(F)F)c(F)c1F. The molecule has 0 N–H and O–H groups in total. The first kappa shape index (κ1) is 29.8. The van der Waals surface area contributed by atoms with Crippen LogP contribution < -0.4 is 5.46 Å². The van der Waals surface area contributed by atoms with Gasteiger partial charge >= 0.3 is 6.98 Å². The highest BCUT2D eigenvalue weighted by molar-refractivity contribution is 8.03. The second-order valence-corrected chi connectivity index (χ2v) is 10.9. The molecule has 39 heavy (non-hydrogen) atoms. The Labute approximate surface area is 219 Å². The lowest BCUT2D eigenvalue weighted by Gasteiger charge is -2.17. The van der Waals surface area contributed by atoms with Crippen molar-refractivity contribution in [2.75, 3.05) is 5.75 Å². The van der Waals surface area contributed by atoms with Crippen LogP contribution in [0.1, 0.15) is 15.9 Å². The molecule has 0 aliphatic rings. The Morgan fingerprint density at radius 3 is 1.41 bits per heavy atom. The van der Waals surface area contributed by atoms with E-state index in [-0.39, 0.29) is 11.5 Å². The molecule has 0 spiro atoms. The summed E-state index contributed by atoms with van der Waals surface area (Å²) in [6, 6.07) is 25.9. The summed E-state index contributed by atoms with van der Waals surface area (Å²) in [6.45, 7) is -4.33. The van der Waals surface area contributed by atoms with Crippen LogP contribution in [0.3, 0.4) is 0 Å². The van der Waals surface area contributed by atoms with Crippen LogP contribution in [0.25, 0.3) is 0 Å². The maximum atomic E-state index is 13.8. The Hall–Kier alpha value is -3.80. The molecule has 12 heteroatoms. The second kappa shape index (κ2) is 11.9. The summed E-state index contributed by atoms with van der Waals surface area (Å²) in [5.74, 6) is -13.7. The summed E-state index contributed by atoms with van der Waals surface area (Å²) < 4.78 is 111. The van der Waals surface area contributed by atoms with E-state index >= 15 is 0 Å². The van der Waals surface area contributed by atoms with Crippen molar-refractivity contribution in [1.82, 2.24) is 0 Å². The molecule has 4 aromatic rings. The number of hydrogen-bond acceptors (Lipinski definition) is 2. The molecule has 0 aliphatic heterocycles. The van der Waals surface area contributed by atoms with E-state index in [4.69, 9.17) is 0 Å². The predicted molar refractivity (Wildman–Crippen MR) is 133 cm³/mol. The van der Waals surface area contributed by atoms with Gasteiger partial charge in [-0.3, -0.25) is 4.79 Å². The molecule has 4 rings (SSSR count). The van der Waals surface area contributed by atoms with Gasteiger partial charge in [-0.1, -0.05) is 70.4 Å². The van der Waals surface area contributed by atoms with Crippen LogP contribution in [0.15, 0.2) is 94.7 Å². The summed E-state index contributed by atoms with van der Waals surface area (Å²) in [6.07, 6.45) is 0. The molecule has 0 aliphatic carbocycles. The van der Waals surface area contributed by atoms with Crippen molar-refractivity contribution in [3.05, 3.63) is 125 Å². The average molecular weight is 570 g/mol. The number of rotatable bonds is 6. The van der Waals surface area contributed by atoms with Crippen LogP contribution in [0.5, 0.6) is 0 Å². The number of Topliss-reactive ketones (excluding diaryl/α,β-unsaturated/α-hetero) is 1. The van der Waals surface area contributed by atoms with E-state index in [9.17, 15) is 43.9 Å². The van der Waals surface area contributed by atoms with Crippen LogP contribution in [0.2, 0.25) is 0 Å². The molecule has 0 fully saturated rings. The van der Waals surface area contributed by atoms with Crippen molar-refractivity contribution < 1.29 is 43.9 Å². The molecule has 0 radical (unpaired) electrons. The number of hydrogen-bond donors (Lipinski definition) is 0. The minimum absolute atomic E-state index is 0.0237. The molecule has 0 atom stereocenters. The molecule has 0 saturated heterocycles. The zero-order valence-electron chi connectivity index (χ0n) is 20.1. The smallest absolute Gasteiger partial charge is 0.445 e. The van der Waals surface area contributed by atoms with Crippen LogP contribution in [0, 0.1) is 36.0 Å². The van der Waals surface area contributed by atoms with E-state index in [1.165, 1.54) is 0 Å². The molecule has 2 nitrogen and oxygen atoms in total. The first-order valence-corrected chi connectivity index (χ1v) is 12.9. The number of ketones is 1. The van der Waals surface area contributed by atoms with E-state index in [2.05, 4.69) is 0 Å². The Morgan fingerprint density at radius 1 is 0.641 bits per heavy atom. The fourth-order valence-corrected chi connectivity index (χ4v) is 5.83. The topological polar surface area (TPSA) is 34.1 Å². The van der Waals surface area contributed by atoms with Gasteiger partial charge in [0.2, 0.25) is 5.78 Å². The molecule has 0 unspecified atom stereocenters. The third kappa shape index (κ3) is 6.62. The van der Waals surface area contributed by atoms with Crippen LogP contribution in [0.4, 0.5) is 34.9 Å². The first-order valence-electron chi connectivity index (χ1n) is 11.2. The first-order chi connectivity index (χ1) is 18.3. The minimum atomic E-state index is -6.30. The van der Waals surface area contributed by atoms with Gasteiger partial charge < -0.3 is 12.9 Å². The molecular formula is C27H19BF8O2S. The number of benzene rings is 4. The van der Waals surface area contributed by atoms with E-state index in [1.807, 2.05) is 79.7 Å². The van der Waals surface area contributed by atoms with Gasteiger partial charge in [0.05, 0.1) is 0 Å². The van der Waals surface area contributed by atoms with Gasteiger partial charge in [-0.2, -0.15) is 0 Å². The molecule has 0 amide bonds. The summed E-state index contributed by atoms with van der Waals surface area (Å²) in [5, 5.41) is 0. The van der Waals surface area contributed by atoms with Crippen molar-refractivity contribution in [3.8, 4) is 0 Å². The van der Waals surface area contributed by atoms with Crippen LogP contribution in [-0.2, 0) is 14.1 Å². The molecule has 0 bridgehead atoms. The maximum Gasteiger partial charge on any atom is 0.515 e. The van der Waals surface area contributed by atoms with Gasteiger partial charge in [0.15, 0.2) is 42.9 Å². The Kier molecular flexibility index (Phi) is 9.11. The van der Waals surface area contributed by atoms with Gasteiger partial charge in [0, 0.05) is 5.56 Å². The zero-order chi connectivity index (χ0) is 29.0. The highest BCUT2D eigenvalue weighted by Gasteiger charge is 2.38. The fourth-order valence-electron chi connectivity index (χ4n) is 3.50. The lowest BCUT2D eigenvalue weighted by atomic mass is 9.79. The van der Waals surface area contributed by atoms with Crippen molar-refractivity contribution >= 4 is 28.2 Å². The van der Waals surface area contributed by atoms with Crippen LogP contribution in [-0.4, -0.2) is 18.5 Å². The Balaban J connectivity index is 0.000000242. The van der Waals surface area contributed by atoms with Crippen molar-refractivity contribution in [1.29, 1.82) is 0 Å². The van der Waals surface area contributed by atoms with E-state index in [1.54, 1.807) is 12.1 Å². The molecule has 204 valence electrons. The fraction of sp³-hybridized carbons (Fsp3) is 0.0741. The van der Waals surface area contributed by atoms with E-state index in [0.29, 0.717) is 15.4 Å². The maximum absolute atomic E-state index is 13.8. The Morgan fingerprint density at radius 2 is 1.03 bits per heavy atom. The summed E-state index contributed by atoms with van der Waals surface area (Å²) in [5.41, 5.74) is -1.04. The molecule has 0 saturated carbocycles. The molecule has 0 aromatic heterocycles. The van der Waals surface area contributed by atoms with Gasteiger partial charge in [-0.05, 0) is 36.7 Å². The largest absolute Gasteiger partial charge is 0.515 e. The molecular weight excluding hydrogens is 551 g/mol. The normalized spacial score (nSPS) is 11.5. The molecule has 0 heterocycles. The number of halogens is 8. The number of carbonyl (C=O) groups is 1. The summed E-state index contributed by atoms with van der Waals surface area (Å²) in [7, 11) is -2.65. The quantitative estimate of drug-likeness (QED) is 0.0613. The highest BCUT2D eigenvalue weighted by Crippen LogP contribution is 2.30. The third-order valence-electron chi connectivity index (χ3n) is 5.53. The third-order valence-corrected chi connectivity index (χ3v) is 8.26. The van der Waals surface area contributed by atoms with Crippen LogP contribution >= 0.6 is 0 Å². The van der Waals surface area contributed by atoms with Gasteiger partial charge in [-0.25, -0.2) is 22.0 Å². The second-order valence-electron chi connectivity index (χ2n) is 8.29. The minimum Gasteiger partial charge on any atom is -0.445 e. The monoisotopic (exact) mass is 570 g/mol. The van der Waals surface area contributed by atoms with E-state index < -0.39 is 51.5 Å². The van der Waals surface area contributed by atoms with Gasteiger partial charge in [0.1, 0.15) is 11.6 Å².